The highest BCUT2D eigenvalue weighted by Gasteiger charge is 2.34. The fourth-order valence-electron chi connectivity index (χ4n) is 4.02. The van der Waals surface area contributed by atoms with Crippen molar-refractivity contribution in [1.82, 2.24) is 29.1 Å². The Bertz CT molecular complexity index is 1660. The number of ketones is 1. The van der Waals surface area contributed by atoms with Crippen LogP contribution in [0.3, 0.4) is 0 Å². The quantitative estimate of drug-likeness (QED) is 0.366. The molecule has 3 aromatic heterocycles. The van der Waals surface area contributed by atoms with E-state index in [1.54, 1.807) is 48.5 Å². The van der Waals surface area contributed by atoms with Gasteiger partial charge in [-0.1, -0.05) is 48.5 Å². The lowest BCUT2D eigenvalue weighted by molar-refractivity contribution is -0.140. The van der Waals surface area contributed by atoms with Crippen LogP contribution in [0.25, 0.3) is 33.9 Å². The van der Waals surface area contributed by atoms with Crippen molar-refractivity contribution in [3.8, 4) is 22.8 Å². The minimum atomic E-state index is -4.53. The van der Waals surface area contributed by atoms with Gasteiger partial charge in [0.25, 0.3) is 0 Å². The number of hydrogen-bond acceptors (Lipinski definition) is 5. The van der Waals surface area contributed by atoms with Crippen LogP contribution in [0.15, 0.2) is 65.7 Å². The monoisotopic (exact) mass is 492 g/mol. The highest BCUT2D eigenvalue weighted by molar-refractivity contribution is 6.00. The van der Waals surface area contributed by atoms with E-state index in [-0.39, 0.29) is 23.8 Å². The predicted molar refractivity (Wildman–Crippen MR) is 126 cm³/mol. The van der Waals surface area contributed by atoms with Crippen molar-refractivity contribution in [3.05, 3.63) is 88.2 Å². The molecule has 0 atom stereocenters. The Balaban J connectivity index is 1.49. The number of fused-ring (bicyclic) bond motifs is 1. The molecule has 0 spiro atoms. The van der Waals surface area contributed by atoms with Gasteiger partial charge in [-0.15, -0.1) is 0 Å². The van der Waals surface area contributed by atoms with E-state index < -0.39 is 11.9 Å². The molecule has 0 unspecified atom stereocenters. The zero-order chi connectivity index (χ0) is 25.6. The van der Waals surface area contributed by atoms with E-state index in [4.69, 9.17) is 0 Å². The number of halogens is 3. The average Bonchev–Trinajstić information content (AvgIpc) is 3.39. The van der Waals surface area contributed by atoms with Crippen molar-refractivity contribution >= 4 is 16.9 Å². The Morgan fingerprint density at radius 1 is 1.06 bits per heavy atom. The fraction of sp³-hybridized carbons (Fsp3) is 0.160. The molecule has 0 radical (unpaired) electrons. The molecule has 0 fully saturated rings. The van der Waals surface area contributed by atoms with Crippen molar-refractivity contribution in [3.63, 3.8) is 0 Å². The smallest absolute Gasteiger partial charge is 0.333 e. The zero-order valence-electron chi connectivity index (χ0n) is 19.2. The van der Waals surface area contributed by atoms with Crippen LogP contribution in [0, 0.1) is 0 Å². The van der Waals surface area contributed by atoms with Crippen LogP contribution < -0.4 is 5.69 Å². The molecule has 0 aliphatic carbocycles. The van der Waals surface area contributed by atoms with Crippen LogP contribution in [0.1, 0.15) is 28.5 Å². The van der Waals surface area contributed by atoms with Gasteiger partial charge in [-0.25, -0.2) is 19.7 Å². The van der Waals surface area contributed by atoms with Crippen LogP contribution in [0.5, 0.6) is 0 Å². The molecule has 0 aliphatic heterocycles. The van der Waals surface area contributed by atoms with E-state index in [0.717, 1.165) is 11.8 Å². The first-order valence-electron chi connectivity index (χ1n) is 10.9. The van der Waals surface area contributed by atoms with Crippen molar-refractivity contribution in [1.29, 1.82) is 0 Å². The minimum absolute atomic E-state index is 0.129. The number of aromatic amines is 1. The summed E-state index contributed by atoms with van der Waals surface area (Å²) in [6, 6.07) is 13.7. The van der Waals surface area contributed by atoms with E-state index in [9.17, 15) is 22.8 Å². The summed E-state index contributed by atoms with van der Waals surface area (Å²) in [6.07, 6.45) is -2.09. The highest BCUT2D eigenvalue weighted by atomic mass is 19.4. The lowest BCUT2D eigenvalue weighted by atomic mass is 10.0. The predicted octanol–water partition coefficient (Wildman–Crippen LogP) is 4.46. The summed E-state index contributed by atoms with van der Waals surface area (Å²) in [4.78, 5) is 40.0. The first-order chi connectivity index (χ1) is 17.1. The molecule has 11 heteroatoms. The van der Waals surface area contributed by atoms with Gasteiger partial charge < -0.3 is 9.55 Å². The molecular weight excluding hydrogens is 473 g/mol. The number of alkyl halides is 3. The molecule has 182 valence electrons. The lowest BCUT2D eigenvalue weighted by Crippen LogP contribution is -2.17. The second-order valence-corrected chi connectivity index (χ2v) is 8.30. The maximum absolute atomic E-state index is 13.0. The molecule has 0 saturated carbocycles. The summed E-state index contributed by atoms with van der Waals surface area (Å²) in [7, 11) is 1.50. The lowest BCUT2D eigenvalue weighted by Gasteiger charge is -2.08. The topological polar surface area (TPSA) is 98.5 Å². The van der Waals surface area contributed by atoms with Crippen molar-refractivity contribution < 1.29 is 18.0 Å². The van der Waals surface area contributed by atoms with E-state index in [0.29, 0.717) is 33.7 Å². The number of aromatic nitrogens is 6. The van der Waals surface area contributed by atoms with Gasteiger partial charge in [0.2, 0.25) is 0 Å². The number of nitrogens with zero attached hydrogens (tertiary/aromatic N) is 5. The average molecular weight is 492 g/mol. The van der Waals surface area contributed by atoms with Gasteiger partial charge in [-0.2, -0.15) is 13.2 Å². The Morgan fingerprint density at radius 2 is 1.78 bits per heavy atom. The van der Waals surface area contributed by atoms with Crippen molar-refractivity contribution in [2.24, 2.45) is 7.05 Å². The maximum atomic E-state index is 13.0. The van der Waals surface area contributed by atoms with Crippen molar-refractivity contribution in [2.45, 2.75) is 19.6 Å². The second-order valence-electron chi connectivity index (χ2n) is 8.30. The van der Waals surface area contributed by atoms with Gasteiger partial charge in [-0.05, 0) is 12.5 Å². The molecule has 36 heavy (non-hydrogen) atoms. The van der Waals surface area contributed by atoms with Crippen LogP contribution in [-0.4, -0.2) is 34.9 Å². The number of hydrogen-bond donors (Lipinski definition) is 1. The van der Waals surface area contributed by atoms with E-state index in [1.165, 1.54) is 29.3 Å². The van der Waals surface area contributed by atoms with Gasteiger partial charge >= 0.3 is 11.9 Å². The number of Topliss-reactive ketones (excluding diaryl/α,β-unsaturated/α-hetero) is 1. The Kier molecular flexibility index (Phi) is 5.54. The third kappa shape index (κ3) is 4.19. The number of carbonyl (C=O) groups excluding carboxylic acids is 1. The molecule has 2 aromatic carbocycles. The molecular formula is C25H19F3N6O2. The molecule has 3 heterocycles. The summed E-state index contributed by atoms with van der Waals surface area (Å²) in [5.41, 5.74) is 1.73. The Hall–Kier alpha value is -4.54. The maximum Gasteiger partial charge on any atom is 0.434 e. The van der Waals surface area contributed by atoms with Crippen LogP contribution in [0.2, 0.25) is 0 Å². The molecule has 0 amide bonds. The normalized spacial score (nSPS) is 11.8. The summed E-state index contributed by atoms with van der Waals surface area (Å²) >= 11 is 0. The molecule has 0 aliphatic rings. The third-order valence-electron chi connectivity index (χ3n) is 5.78. The standard InChI is InChI=1S/C25H19F3N6O2/c1-14(35)17-5-3-4-6-18(17)21-29-11-19-23(32-21)34(24(36)30-19)12-15-7-9-16(10-8-15)22-31-20(13-33(22)2)25(26,27)28/h3-11,13H,12H2,1-2H3,(H,30,36). The number of H-pyrrole nitrogens is 1. The first-order valence-corrected chi connectivity index (χ1v) is 10.9. The molecule has 5 aromatic rings. The largest absolute Gasteiger partial charge is 0.434 e. The van der Waals surface area contributed by atoms with Crippen LogP contribution in [-0.2, 0) is 19.8 Å². The van der Waals surface area contributed by atoms with E-state index in [2.05, 4.69) is 19.9 Å². The Labute approximate surface area is 202 Å². The SMILES string of the molecule is CC(=O)c1ccccc1-c1ncc2[nH]c(=O)n(Cc3ccc(-c4nc(C(F)(F)F)cn4C)cc3)c2n1. The molecule has 1 N–H and O–H groups in total. The Morgan fingerprint density at radius 3 is 2.44 bits per heavy atom. The minimum Gasteiger partial charge on any atom is -0.333 e. The second kappa shape index (κ2) is 8.59. The fourth-order valence-corrected chi connectivity index (χ4v) is 4.02. The van der Waals surface area contributed by atoms with Crippen LogP contribution >= 0.6 is 0 Å². The number of imidazole rings is 2. The van der Waals surface area contributed by atoms with Gasteiger partial charge in [0.05, 0.1) is 12.7 Å². The first kappa shape index (κ1) is 23.2. The number of aryl methyl sites for hydroxylation is 1. The molecule has 0 bridgehead atoms. The summed E-state index contributed by atoms with van der Waals surface area (Å²) in [5.74, 6) is 0.363. The van der Waals surface area contributed by atoms with Gasteiger partial charge in [0, 0.05) is 29.9 Å². The number of carbonyl (C=O) groups is 1. The summed E-state index contributed by atoms with van der Waals surface area (Å²) in [5, 5.41) is 0. The third-order valence-corrected chi connectivity index (χ3v) is 5.78. The molecule has 8 nitrogen and oxygen atoms in total. The summed E-state index contributed by atoms with van der Waals surface area (Å²) < 4.78 is 41.8. The highest BCUT2D eigenvalue weighted by Crippen LogP contribution is 2.30. The zero-order valence-corrected chi connectivity index (χ0v) is 19.2. The number of benzene rings is 2. The van der Waals surface area contributed by atoms with Crippen LogP contribution in [0.4, 0.5) is 13.2 Å². The van der Waals surface area contributed by atoms with E-state index >= 15 is 0 Å². The number of nitrogens with one attached hydrogen (secondary N) is 1. The van der Waals surface area contributed by atoms with Gasteiger partial charge in [0.1, 0.15) is 11.3 Å². The van der Waals surface area contributed by atoms with E-state index in [1.807, 2.05) is 0 Å². The van der Waals surface area contributed by atoms with Crippen molar-refractivity contribution in [2.75, 3.05) is 0 Å². The van der Waals surface area contributed by atoms with Gasteiger partial charge in [0.15, 0.2) is 22.9 Å². The number of rotatable bonds is 5. The summed E-state index contributed by atoms with van der Waals surface area (Å²) in [6.45, 7) is 1.63. The van der Waals surface area contributed by atoms with Gasteiger partial charge in [-0.3, -0.25) is 9.36 Å². The molecule has 0 saturated heterocycles. The molecule has 5 rings (SSSR count).